The van der Waals surface area contributed by atoms with Crippen molar-refractivity contribution in [1.82, 2.24) is 14.6 Å². The molecule has 0 atom stereocenters. The van der Waals surface area contributed by atoms with Crippen molar-refractivity contribution in [2.24, 2.45) is 0 Å². The highest BCUT2D eigenvalue weighted by Crippen LogP contribution is 2.12. The van der Waals surface area contributed by atoms with Crippen LogP contribution in [0, 0.1) is 0 Å². The molecule has 15 heavy (non-hydrogen) atoms. The number of hydrogen-bond acceptors (Lipinski definition) is 3. The molecule has 2 aromatic heterocycles. The Kier molecular flexibility index (Phi) is 2.93. The molecule has 6 heteroatoms. The van der Waals surface area contributed by atoms with Gasteiger partial charge in [-0.05, 0) is 28.1 Å². The van der Waals surface area contributed by atoms with E-state index in [1.165, 1.54) is 0 Å². The Hall–Kier alpha value is -1.07. The molecule has 78 valence electrons. The second-order valence-electron chi connectivity index (χ2n) is 2.96. The van der Waals surface area contributed by atoms with Crippen molar-refractivity contribution in [3.05, 3.63) is 34.4 Å². The summed E-state index contributed by atoms with van der Waals surface area (Å²) in [5.74, 6) is 0.537. The fraction of sp³-hybridized carbons (Fsp3) is 0.111. The molecule has 0 unspecified atom stereocenters. The maximum atomic E-state index is 5.62. The van der Waals surface area contributed by atoms with E-state index in [4.69, 9.17) is 11.6 Å². The predicted octanol–water partition coefficient (Wildman–Crippen LogP) is 2.66. The second-order valence-corrected chi connectivity index (χ2v) is 4.41. The summed E-state index contributed by atoms with van der Waals surface area (Å²) in [5.41, 5.74) is 0.779. The summed E-state index contributed by atoms with van der Waals surface area (Å²) in [7, 11) is 0. The summed E-state index contributed by atoms with van der Waals surface area (Å²) in [5, 5.41) is 7.70. The van der Waals surface area contributed by atoms with Gasteiger partial charge in [-0.2, -0.15) is 4.98 Å². The number of rotatable bonds is 3. The standard InChI is InChI=1S/C9H8BrClN4/c1-6(11)4-12-9-13-8-3-2-7(10)5-15(8)14-9/h2-3,5H,1,4H2,(H,12,14). The van der Waals surface area contributed by atoms with Crippen LogP contribution in [0.3, 0.4) is 0 Å². The molecule has 0 aliphatic rings. The van der Waals surface area contributed by atoms with E-state index in [2.05, 4.69) is 37.9 Å². The van der Waals surface area contributed by atoms with Crippen LogP contribution >= 0.6 is 27.5 Å². The zero-order valence-corrected chi connectivity index (χ0v) is 10.1. The molecule has 0 saturated heterocycles. The van der Waals surface area contributed by atoms with Crippen LogP contribution in [-0.2, 0) is 0 Å². The summed E-state index contributed by atoms with van der Waals surface area (Å²) in [4.78, 5) is 4.25. The first-order valence-electron chi connectivity index (χ1n) is 4.24. The molecule has 0 aromatic carbocycles. The van der Waals surface area contributed by atoms with Gasteiger partial charge in [-0.25, -0.2) is 4.52 Å². The third kappa shape index (κ3) is 2.49. The smallest absolute Gasteiger partial charge is 0.243 e. The molecule has 4 nitrogen and oxygen atoms in total. The van der Waals surface area contributed by atoms with Gasteiger partial charge in [0.1, 0.15) is 0 Å². The Labute approximate surface area is 100 Å². The average molecular weight is 288 g/mol. The van der Waals surface area contributed by atoms with Crippen molar-refractivity contribution in [2.75, 3.05) is 11.9 Å². The summed E-state index contributed by atoms with van der Waals surface area (Å²) in [6.45, 7) is 4.03. The molecule has 0 fully saturated rings. The van der Waals surface area contributed by atoms with Gasteiger partial charge in [-0.15, -0.1) is 5.10 Å². The molecular formula is C9H8BrClN4. The number of hydrogen-bond donors (Lipinski definition) is 1. The average Bonchev–Trinajstić information content (AvgIpc) is 2.56. The topological polar surface area (TPSA) is 42.2 Å². The van der Waals surface area contributed by atoms with Gasteiger partial charge in [0, 0.05) is 15.7 Å². The van der Waals surface area contributed by atoms with Crippen molar-refractivity contribution in [3.63, 3.8) is 0 Å². The predicted molar refractivity (Wildman–Crippen MR) is 64.2 cm³/mol. The van der Waals surface area contributed by atoms with Crippen LogP contribution in [0.1, 0.15) is 0 Å². The maximum Gasteiger partial charge on any atom is 0.243 e. The van der Waals surface area contributed by atoms with E-state index in [1.54, 1.807) is 4.52 Å². The highest BCUT2D eigenvalue weighted by molar-refractivity contribution is 9.10. The molecule has 0 aliphatic heterocycles. The lowest BCUT2D eigenvalue weighted by molar-refractivity contribution is 0.954. The first-order chi connectivity index (χ1) is 7.15. The minimum absolute atomic E-state index is 0.458. The molecule has 0 saturated carbocycles. The minimum Gasteiger partial charge on any atom is -0.348 e. The Bertz CT molecular complexity index is 508. The molecule has 2 rings (SSSR count). The van der Waals surface area contributed by atoms with E-state index >= 15 is 0 Å². The molecule has 0 amide bonds. The van der Waals surface area contributed by atoms with Gasteiger partial charge in [-0.3, -0.25) is 0 Å². The number of nitrogens with zero attached hydrogens (tertiary/aromatic N) is 3. The molecule has 0 radical (unpaired) electrons. The van der Waals surface area contributed by atoms with Gasteiger partial charge in [0.25, 0.3) is 0 Å². The van der Waals surface area contributed by atoms with Crippen LogP contribution in [0.2, 0.25) is 0 Å². The van der Waals surface area contributed by atoms with Crippen LogP contribution in [0.15, 0.2) is 34.4 Å². The Balaban J connectivity index is 2.27. The third-order valence-electron chi connectivity index (χ3n) is 1.73. The Morgan fingerprint density at radius 3 is 3.13 bits per heavy atom. The monoisotopic (exact) mass is 286 g/mol. The van der Waals surface area contributed by atoms with Crippen LogP contribution in [0.5, 0.6) is 0 Å². The van der Waals surface area contributed by atoms with E-state index < -0.39 is 0 Å². The quantitative estimate of drug-likeness (QED) is 0.944. The van der Waals surface area contributed by atoms with Crippen LogP contribution in [0.25, 0.3) is 5.65 Å². The summed E-state index contributed by atoms with van der Waals surface area (Å²) in [6.07, 6.45) is 1.84. The largest absolute Gasteiger partial charge is 0.348 e. The van der Waals surface area contributed by atoms with Gasteiger partial charge in [0.2, 0.25) is 5.95 Å². The van der Waals surface area contributed by atoms with Gasteiger partial charge in [0.15, 0.2) is 5.65 Å². The number of fused-ring (bicyclic) bond motifs is 1. The summed E-state index contributed by atoms with van der Waals surface area (Å²) in [6, 6.07) is 3.78. The van der Waals surface area contributed by atoms with Gasteiger partial charge in [0.05, 0.1) is 6.54 Å². The lowest BCUT2D eigenvalue weighted by atomic mass is 10.5. The van der Waals surface area contributed by atoms with Gasteiger partial charge in [-0.1, -0.05) is 18.2 Å². The number of pyridine rings is 1. The van der Waals surface area contributed by atoms with Crippen molar-refractivity contribution in [1.29, 1.82) is 0 Å². The van der Waals surface area contributed by atoms with Crippen molar-refractivity contribution in [2.45, 2.75) is 0 Å². The van der Waals surface area contributed by atoms with Gasteiger partial charge >= 0.3 is 0 Å². The SMILES string of the molecule is C=C(Cl)CNc1nc2ccc(Br)cn2n1. The zero-order chi connectivity index (χ0) is 10.8. The molecule has 2 heterocycles. The van der Waals surface area contributed by atoms with E-state index in [1.807, 2.05) is 18.3 Å². The highest BCUT2D eigenvalue weighted by atomic mass is 79.9. The number of nitrogens with one attached hydrogen (secondary N) is 1. The van der Waals surface area contributed by atoms with E-state index in [0.29, 0.717) is 17.5 Å². The molecule has 2 aromatic rings. The lowest BCUT2D eigenvalue weighted by Gasteiger charge is -1.96. The first kappa shape index (κ1) is 10.4. The fourth-order valence-corrected chi connectivity index (χ4v) is 1.50. The normalized spacial score (nSPS) is 10.5. The fourth-order valence-electron chi connectivity index (χ4n) is 1.11. The van der Waals surface area contributed by atoms with Gasteiger partial charge < -0.3 is 5.32 Å². The number of anilines is 1. The molecule has 0 bridgehead atoms. The zero-order valence-electron chi connectivity index (χ0n) is 7.74. The third-order valence-corrected chi connectivity index (χ3v) is 2.34. The second kappa shape index (κ2) is 4.20. The van der Waals surface area contributed by atoms with E-state index in [9.17, 15) is 0 Å². The van der Waals surface area contributed by atoms with E-state index in [0.717, 1.165) is 10.1 Å². The molecule has 0 aliphatic carbocycles. The first-order valence-corrected chi connectivity index (χ1v) is 5.41. The Morgan fingerprint density at radius 1 is 1.60 bits per heavy atom. The minimum atomic E-state index is 0.458. The van der Waals surface area contributed by atoms with Crippen LogP contribution < -0.4 is 5.32 Å². The summed E-state index contributed by atoms with van der Waals surface area (Å²) >= 11 is 8.98. The van der Waals surface area contributed by atoms with E-state index in [-0.39, 0.29) is 0 Å². The summed E-state index contributed by atoms with van der Waals surface area (Å²) < 4.78 is 2.64. The highest BCUT2D eigenvalue weighted by Gasteiger charge is 2.02. The van der Waals surface area contributed by atoms with Crippen molar-refractivity contribution >= 4 is 39.1 Å². The maximum absolute atomic E-state index is 5.62. The van der Waals surface area contributed by atoms with Crippen LogP contribution in [0.4, 0.5) is 5.95 Å². The number of aromatic nitrogens is 3. The van der Waals surface area contributed by atoms with Crippen molar-refractivity contribution in [3.8, 4) is 0 Å². The Morgan fingerprint density at radius 2 is 2.40 bits per heavy atom. The lowest BCUT2D eigenvalue weighted by Crippen LogP contribution is -2.02. The molecular weight excluding hydrogens is 279 g/mol. The van der Waals surface area contributed by atoms with Crippen LogP contribution in [-0.4, -0.2) is 21.1 Å². The molecule has 1 N–H and O–H groups in total. The number of halogens is 2. The van der Waals surface area contributed by atoms with Crippen molar-refractivity contribution < 1.29 is 0 Å². The molecule has 0 spiro atoms.